The Labute approximate surface area is 177 Å². The van der Waals surface area contributed by atoms with Gasteiger partial charge in [-0.25, -0.2) is 9.98 Å². The lowest BCUT2D eigenvalue weighted by Crippen LogP contribution is -2.24. The quantitative estimate of drug-likeness (QED) is 0.337. The summed E-state index contributed by atoms with van der Waals surface area (Å²) in [6.07, 6.45) is 4.77. The van der Waals surface area contributed by atoms with Crippen molar-refractivity contribution in [1.29, 1.82) is 0 Å². The molecular formula is C21H26IN5. The summed E-state index contributed by atoms with van der Waals surface area (Å²) in [7, 11) is 2.02. The third-order valence-electron chi connectivity index (χ3n) is 5.18. The van der Waals surface area contributed by atoms with Gasteiger partial charge in [-0.3, -0.25) is 0 Å². The number of hydrogen-bond donors (Lipinski definition) is 2. The monoisotopic (exact) mass is 475 g/mol. The number of fused-ring (bicyclic) bond motifs is 2. The highest BCUT2D eigenvalue weighted by Gasteiger charge is 2.13. The molecule has 3 N–H and O–H groups in total. The smallest absolute Gasteiger partial charge is 0.193 e. The van der Waals surface area contributed by atoms with E-state index in [1.165, 1.54) is 29.5 Å². The summed E-state index contributed by atoms with van der Waals surface area (Å²) in [5, 5.41) is 3.29. The second kappa shape index (κ2) is 8.29. The van der Waals surface area contributed by atoms with Gasteiger partial charge in [0.25, 0.3) is 0 Å². The van der Waals surface area contributed by atoms with Crippen LogP contribution in [-0.4, -0.2) is 15.5 Å². The molecule has 142 valence electrons. The summed E-state index contributed by atoms with van der Waals surface area (Å²) in [4.78, 5) is 9.21. The number of aliphatic imine (C=N–C) groups is 1. The Morgan fingerprint density at radius 1 is 1.22 bits per heavy atom. The molecule has 1 heterocycles. The minimum Gasteiger partial charge on any atom is -0.370 e. The lowest BCUT2D eigenvalue weighted by atomic mass is 9.90. The van der Waals surface area contributed by atoms with Gasteiger partial charge in [-0.15, -0.1) is 24.0 Å². The zero-order valence-electron chi connectivity index (χ0n) is 15.8. The molecule has 0 radical (unpaired) electrons. The summed E-state index contributed by atoms with van der Waals surface area (Å²) in [5.74, 6) is 1.35. The van der Waals surface area contributed by atoms with Gasteiger partial charge in [0, 0.05) is 12.7 Å². The van der Waals surface area contributed by atoms with Crippen molar-refractivity contribution in [3.63, 3.8) is 0 Å². The highest BCUT2D eigenvalue weighted by Crippen LogP contribution is 2.27. The first-order chi connectivity index (χ1) is 12.6. The molecule has 27 heavy (non-hydrogen) atoms. The van der Waals surface area contributed by atoms with E-state index >= 15 is 0 Å². The maximum Gasteiger partial charge on any atom is 0.193 e. The number of rotatable bonds is 3. The largest absolute Gasteiger partial charge is 0.370 e. The van der Waals surface area contributed by atoms with Crippen molar-refractivity contribution in [2.45, 2.75) is 39.2 Å². The van der Waals surface area contributed by atoms with Crippen LogP contribution in [0.25, 0.3) is 11.0 Å². The molecule has 0 amide bonds. The summed E-state index contributed by atoms with van der Waals surface area (Å²) >= 11 is 0. The second-order valence-electron chi connectivity index (χ2n) is 7.06. The second-order valence-corrected chi connectivity index (χ2v) is 7.06. The molecule has 1 aliphatic rings. The number of aromatic nitrogens is 2. The topological polar surface area (TPSA) is 68.2 Å². The van der Waals surface area contributed by atoms with Crippen molar-refractivity contribution >= 4 is 46.7 Å². The van der Waals surface area contributed by atoms with E-state index in [9.17, 15) is 0 Å². The van der Waals surface area contributed by atoms with Crippen molar-refractivity contribution in [3.8, 4) is 0 Å². The van der Waals surface area contributed by atoms with Gasteiger partial charge < -0.3 is 15.6 Å². The summed E-state index contributed by atoms with van der Waals surface area (Å²) in [6, 6.07) is 12.7. The average Bonchev–Trinajstić information content (AvgIpc) is 2.95. The molecule has 0 unspecified atom stereocenters. The van der Waals surface area contributed by atoms with Gasteiger partial charge in [0.05, 0.1) is 11.0 Å². The average molecular weight is 475 g/mol. The molecule has 1 aromatic heterocycles. The van der Waals surface area contributed by atoms with E-state index in [-0.39, 0.29) is 24.0 Å². The Bertz CT molecular complexity index is 990. The van der Waals surface area contributed by atoms with E-state index in [4.69, 9.17) is 10.7 Å². The SMILES string of the molecule is Cc1ccc2c(c1)nc(CN=C(N)Nc1cccc3c1CCCC3)n2C.I. The fourth-order valence-corrected chi connectivity index (χ4v) is 3.73. The van der Waals surface area contributed by atoms with Crippen LogP contribution >= 0.6 is 24.0 Å². The molecule has 2 aromatic carbocycles. The highest BCUT2D eigenvalue weighted by atomic mass is 127. The van der Waals surface area contributed by atoms with Crippen LogP contribution in [0.2, 0.25) is 0 Å². The van der Waals surface area contributed by atoms with E-state index in [1.807, 2.05) is 7.05 Å². The first-order valence-corrected chi connectivity index (χ1v) is 9.21. The Kier molecular flexibility index (Phi) is 6.04. The summed E-state index contributed by atoms with van der Waals surface area (Å²) in [5.41, 5.74) is 13.4. The molecule has 0 bridgehead atoms. The first-order valence-electron chi connectivity index (χ1n) is 9.21. The normalized spacial score (nSPS) is 13.9. The zero-order chi connectivity index (χ0) is 18.1. The van der Waals surface area contributed by atoms with Crippen LogP contribution in [0.3, 0.4) is 0 Å². The highest BCUT2D eigenvalue weighted by molar-refractivity contribution is 14.0. The fourth-order valence-electron chi connectivity index (χ4n) is 3.73. The molecular weight excluding hydrogens is 449 g/mol. The van der Waals surface area contributed by atoms with Crippen LogP contribution in [0, 0.1) is 6.92 Å². The number of nitrogens with two attached hydrogens (primary N) is 1. The number of halogens is 1. The standard InChI is InChI=1S/C21H25N5.HI/c1-14-10-11-19-18(12-14)24-20(26(19)2)13-23-21(22)25-17-9-5-7-15-6-3-4-8-16(15)17;/h5,7,9-12H,3-4,6,8,13H2,1-2H3,(H3,22,23,25);1H. The fraction of sp³-hybridized carbons (Fsp3) is 0.333. The molecule has 3 aromatic rings. The minimum atomic E-state index is 0. The number of aryl methyl sites for hydroxylation is 3. The number of nitrogens with zero attached hydrogens (tertiary/aromatic N) is 3. The van der Waals surface area contributed by atoms with E-state index in [0.717, 1.165) is 35.4 Å². The first kappa shape index (κ1) is 19.7. The maximum absolute atomic E-state index is 6.16. The molecule has 0 aliphatic heterocycles. The van der Waals surface area contributed by atoms with Crippen LogP contribution in [0.5, 0.6) is 0 Å². The molecule has 0 fully saturated rings. The minimum absolute atomic E-state index is 0. The van der Waals surface area contributed by atoms with Gasteiger partial charge in [-0.2, -0.15) is 0 Å². The van der Waals surface area contributed by atoms with Gasteiger partial charge in [0.1, 0.15) is 12.4 Å². The zero-order valence-corrected chi connectivity index (χ0v) is 18.2. The number of anilines is 1. The van der Waals surface area contributed by atoms with E-state index in [0.29, 0.717) is 12.5 Å². The Morgan fingerprint density at radius 3 is 2.89 bits per heavy atom. The number of imidazole rings is 1. The lowest BCUT2D eigenvalue weighted by Gasteiger charge is -2.19. The molecule has 0 saturated carbocycles. The van der Waals surface area contributed by atoms with Crippen LogP contribution < -0.4 is 11.1 Å². The Balaban J connectivity index is 0.00000210. The lowest BCUT2D eigenvalue weighted by molar-refractivity contribution is 0.687. The summed E-state index contributed by atoms with van der Waals surface area (Å²) in [6.45, 7) is 2.53. The number of benzene rings is 2. The number of guanidine groups is 1. The number of nitrogens with one attached hydrogen (secondary N) is 1. The van der Waals surface area contributed by atoms with Crippen LogP contribution in [0.1, 0.15) is 35.4 Å². The van der Waals surface area contributed by atoms with Gasteiger partial charge >= 0.3 is 0 Å². The maximum atomic E-state index is 6.16. The van der Waals surface area contributed by atoms with E-state index in [1.54, 1.807) is 0 Å². The van der Waals surface area contributed by atoms with Crippen molar-refractivity contribution in [1.82, 2.24) is 9.55 Å². The third-order valence-corrected chi connectivity index (χ3v) is 5.18. The van der Waals surface area contributed by atoms with Crippen molar-refractivity contribution < 1.29 is 0 Å². The summed E-state index contributed by atoms with van der Waals surface area (Å²) < 4.78 is 2.08. The van der Waals surface area contributed by atoms with Crippen molar-refractivity contribution in [2.75, 3.05) is 5.32 Å². The van der Waals surface area contributed by atoms with E-state index < -0.39 is 0 Å². The molecule has 6 heteroatoms. The van der Waals surface area contributed by atoms with Gasteiger partial charge in [0.2, 0.25) is 0 Å². The molecule has 0 saturated heterocycles. The van der Waals surface area contributed by atoms with Gasteiger partial charge in [-0.1, -0.05) is 18.2 Å². The molecule has 0 atom stereocenters. The Morgan fingerprint density at radius 2 is 2.04 bits per heavy atom. The number of hydrogen-bond acceptors (Lipinski definition) is 2. The van der Waals surface area contributed by atoms with Crippen LogP contribution in [-0.2, 0) is 26.4 Å². The molecule has 5 nitrogen and oxygen atoms in total. The van der Waals surface area contributed by atoms with Crippen molar-refractivity contribution in [2.24, 2.45) is 17.8 Å². The molecule has 1 aliphatic carbocycles. The predicted octanol–water partition coefficient (Wildman–Crippen LogP) is 4.31. The third kappa shape index (κ3) is 4.10. The van der Waals surface area contributed by atoms with Crippen LogP contribution in [0.4, 0.5) is 5.69 Å². The van der Waals surface area contributed by atoms with Crippen LogP contribution in [0.15, 0.2) is 41.4 Å². The molecule has 0 spiro atoms. The van der Waals surface area contributed by atoms with Gasteiger partial charge in [-0.05, 0) is 67.5 Å². The van der Waals surface area contributed by atoms with Gasteiger partial charge in [0.15, 0.2) is 5.96 Å². The Hall–Kier alpha value is -2.09. The molecule has 4 rings (SSSR count). The predicted molar refractivity (Wildman–Crippen MR) is 123 cm³/mol. The van der Waals surface area contributed by atoms with E-state index in [2.05, 4.69) is 58.2 Å². The van der Waals surface area contributed by atoms with Crippen molar-refractivity contribution in [3.05, 3.63) is 58.9 Å².